The van der Waals surface area contributed by atoms with Crippen molar-refractivity contribution < 1.29 is 23.8 Å². The van der Waals surface area contributed by atoms with E-state index in [-0.39, 0.29) is 25.0 Å². The smallest absolute Gasteiger partial charge is 0.262 e. The first-order valence-electron chi connectivity index (χ1n) is 8.21. The van der Waals surface area contributed by atoms with Crippen molar-refractivity contribution in [1.29, 1.82) is 0 Å². The van der Waals surface area contributed by atoms with Crippen molar-refractivity contribution in [3.63, 3.8) is 0 Å². The van der Waals surface area contributed by atoms with Crippen LogP contribution in [0.3, 0.4) is 0 Å². The third-order valence-corrected chi connectivity index (χ3v) is 3.81. The van der Waals surface area contributed by atoms with E-state index >= 15 is 0 Å². The Hall–Kier alpha value is -1.76. The van der Waals surface area contributed by atoms with Crippen LogP contribution >= 0.6 is 0 Å². The Morgan fingerprint density at radius 2 is 1.50 bits per heavy atom. The van der Waals surface area contributed by atoms with Crippen molar-refractivity contribution in [3.8, 4) is 0 Å². The van der Waals surface area contributed by atoms with Gasteiger partial charge in [-0.3, -0.25) is 14.5 Å². The predicted octanol–water partition coefficient (Wildman–Crippen LogP) is 2.48. The second-order valence-corrected chi connectivity index (χ2v) is 6.16. The summed E-state index contributed by atoms with van der Waals surface area (Å²) < 4.78 is 16.5. The lowest BCUT2D eigenvalue weighted by Crippen LogP contribution is -2.51. The van der Waals surface area contributed by atoms with Crippen molar-refractivity contribution in [1.82, 2.24) is 4.90 Å². The molecule has 2 amide bonds. The number of carbonyl (C=O) groups is 2. The van der Waals surface area contributed by atoms with E-state index in [0.29, 0.717) is 24.3 Å². The molecule has 1 aliphatic rings. The third kappa shape index (κ3) is 3.83. The van der Waals surface area contributed by atoms with E-state index in [1.807, 2.05) is 27.7 Å². The van der Waals surface area contributed by atoms with Crippen molar-refractivity contribution in [2.45, 2.75) is 39.5 Å². The van der Waals surface area contributed by atoms with Crippen LogP contribution in [0.25, 0.3) is 0 Å². The van der Waals surface area contributed by atoms with Crippen LogP contribution in [0.1, 0.15) is 48.4 Å². The van der Waals surface area contributed by atoms with E-state index in [0.717, 1.165) is 0 Å². The molecular formula is C18H25NO5. The SMILES string of the molecule is CCOC(COCC(C)(C)N1C(=O)c2ccccc2C1=O)OCC. The first kappa shape index (κ1) is 18.6. The number of fused-ring (bicyclic) bond motifs is 1. The summed E-state index contributed by atoms with van der Waals surface area (Å²) in [5.41, 5.74) is 0.116. The Balaban J connectivity index is 2.01. The molecule has 1 aromatic carbocycles. The van der Waals surface area contributed by atoms with Gasteiger partial charge in [-0.05, 0) is 39.8 Å². The first-order valence-corrected chi connectivity index (χ1v) is 8.21. The molecule has 0 spiro atoms. The second kappa shape index (κ2) is 7.88. The van der Waals surface area contributed by atoms with Gasteiger partial charge in [0.2, 0.25) is 0 Å². The highest BCUT2D eigenvalue weighted by Gasteiger charge is 2.44. The van der Waals surface area contributed by atoms with Crippen LogP contribution in [0.15, 0.2) is 24.3 Å². The minimum Gasteiger partial charge on any atom is -0.374 e. The van der Waals surface area contributed by atoms with Crippen LogP contribution in [-0.2, 0) is 14.2 Å². The molecule has 0 atom stereocenters. The molecule has 1 aliphatic heterocycles. The molecule has 0 unspecified atom stereocenters. The van der Waals surface area contributed by atoms with Gasteiger partial charge in [0.25, 0.3) is 11.8 Å². The summed E-state index contributed by atoms with van der Waals surface area (Å²) in [6.07, 6.45) is -0.446. The Morgan fingerprint density at radius 1 is 1.00 bits per heavy atom. The number of nitrogens with zero attached hydrogens (tertiary/aromatic N) is 1. The number of amides is 2. The van der Waals surface area contributed by atoms with Crippen LogP contribution < -0.4 is 0 Å². The average Bonchev–Trinajstić information content (AvgIpc) is 2.80. The van der Waals surface area contributed by atoms with Gasteiger partial charge in [0, 0.05) is 13.2 Å². The Labute approximate surface area is 142 Å². The number of imide groups is 1. The monoisotopic (exact) mass is 335 g/mol. The second-order valence-electron chi connectivity index (χ2n) is 6.16. The maximum absolute atomic E-state index is 12.6. The predicted molar refractivity (Wildman–Crippen MR) is 88.9 cm³/mol. The fourth-order valence-corrected chi connectivity index (χ4v) is 2.72. The van der Waals surface area contributed by atoms with Crippen molar-refractivity contribution in [2.75, 3.05) is 26.4 Å². The van der Waals surface area contributed by atoms with Crippen LogP contribution in [0.5, 0.6) is 0 Å². The fraction of sp³-hybridized carbons (Fsp3) is 0.556. The highest BCUT2D eigenvalue weighted by Crippen LogP contribution is 2.29. The molecule has 0 radical (unpaired) electrons. The normalized spacial score (nSPS) is 14.6. The Kier molecular flexibility index (Phi) is 6.10. The van der Waals surface area contributed by atoms with Gasteiger partial charge in [0.15, 0.2) is 6.29 Å². The summed E-state index contributed by atoms with van der Waals surface area (Å²) in [4.78, 5) is 26.4. The minimum atomic E-state index is -0.768. The molecule has 24 heavy (non-hydrogen) atoms. The topological polar surface area (TPSA) is 65.1 Å². The van der Waals surface area contributed by atoms with Gasteiger partial charge in [0.05, 0.1) is 29.9 Å². The maximum Gasteiger partial charge on any atom is 0.262 e. The molecule has 6 heteroatoms. The molecule has 0 bridgehead atoms. The lowest BCUT2D eigenvalue weighted by Gasteiger charge is -2.34. The van der Waals surface area contributed by atoms with Gasteiger partial charge in [0.1, 0.15) is 0 Å². The van der Waals surface area contributed by atoms with E-state index in [4.69, 9.17) is 14.2 Å². The van der Waals surface area contributed by atoms with Gasteiger partial charge in [-0.15, -0.1) is 0 Å². The summed E-state index contributed by atoms with van der Waals surface area (Å²) in [7, 11) is 0. The highest BCUT2D eigenvalue weighted by molar-refractivity contribution is 6.21. The van der Waals surface area contributed by atoms with Crippen LogP contribution in [0, 0.1) is 0 Å². The van der Waals surface area contributed by atoms with E-state index in [2.05, 4.69) is 0 Å². The van der Waals surface area contributed by atoms with Crippen LogP contribution in [0.4, 0.5) is 0 Å². The summed E-state index contributed by atoms with van der Waals surface area (Å²) in [6.45, 7) is 8.88. The molecule has 0 aromatic heterocycles. The van der Waals surface area contributed by atoms with Crippen LogP contribution in [-0.4, -0.2) is 55.0 Å². The molecule has 132 valence electrons. The van der Waals surface area contributed by atoms with Crippen molar-refractivity contribution in [3.05, 3.63) is 35.4 Å². The number of hydrogen-bond acceptors (Lipinski definition) is 5. The zero-order valence-electron chi connectivity index (χ0n) is 14.7. The molecular weight excluding hydrogens is 310 g/mol. The van der Waals surface area contributed by atoms with Crippen LogP contribution in [0.2, 0.25) is 0 Å². The molecule has 0 fully saturated rings. The number of carbonyl (C=O) groups excluding carboxylic acids is 2. The Bertz CT molecular complexity index is 558. The number of hydrogen-bond donors (Lipinski definition) is 0. The van der Waals surface area contributed by atoms with Crippen molar-refractivity contribution in [2.24, 2.45) is 0 Å². The van der Waals surface area contributed by atoms with E-state index in [1.54, 1.807) is 24.3 Å². The van der Waals surface area contributed by atoms with Gasteiger partial charge in [-0.25, -0.2) is 0 Å². The van der Waals surface area contributed by atoms with E-state index in [9.17, 15) is 9.59 Å². The summed E-state index contributed by atoms with van der Waals surface area (Å²) in [5.74, 6) is -0.564. The summed E-state index contributed by atoms with van der Waals surface area (Å²) in [5, 5.41) is 0. The third-order valence-electron chi connectivity index (χ3n) is 3.81. The average molecular weight is 335 g/mol. The zero-order valence-corrected chi connectivity index (χ0v) is 14.7. The zero-order chi connectivity index (χ0) is 17.7. The molecule has 0 aliphatic carbocycles. The van der Waals surface area contributed by atoms with E-state index < -0.39 is 11.8 Å². The quantitative estimate of drug-likeness (QED) is 0.512. The first-order chi connectivity index (χ1) is 11.4. The maximum atomic E-state index is 12.6. The van der Waals surface area contributed by atoms with E-state index in [1.165, 1.54) is 4.90 Å². The molecule has 2 rings (SSSR count). The lowest BCUT2D eigenvalue weighted by atomic mass is 10.0. The molecule has 1 aromatic rings. The van der Waals surface area contributed by atoms with Gasteiger partial charge >= 0.3 is 0 Å². The summed E-state index contributed by atoms with van der Waals surface area (Å²) >= 11 is 0. The molecule has 0 saturated heterocycles. The van der Waals surface area contributed by atoms with Gasteiger partial charge < -0.3 is 14.2 Å². The minimum absolute atomic E-state index is 0.203. The van der Waals surface area contributed by atoms with Crippen molar-refractivity contribution >= 4 is 11.8 Å². The molecule has 6 nitrogen and oxygen atoms in total. The molecule has 0 N–H and O–H groups in total. The number of benzene rings is 1. The number of rotatable bonds is 9. The number of ether oxygens (including phenoxy) is 3. The van der Waals surface area contributed by atoms with Gasteiger partial charge in [-0.2, -0.15) is 0 Å². The molecule has 1 heterocycles. The summed E-state index contributed by atoms with van der Waals surface area (Å²) in [6, 6.07) is 6.86. The largest absolute Gasteiger partial charge is 0.374 e. The lowest BCUT2D eigenvalue weighted by molar-refractivity contribution is -0.171. The standard InChI is InChI=1S/C18H25NO5/c1-5-23-15(24-6-2)11-22-12-18(3,4)19-16(20)13-9-7-8-10-14(13)17(19)21/h7-10,15H,5-6,11-12H2,1-4H3. The van der Waals surface area contributed by atoms with Gasteiger partial charge in [-0.1, -0.05) is 12.1 Å². The molecule has 0 saturated carbocycles. The highest BCUT2D eigenvalue weighted by atomic mass is 16.7. The Morgan fingerprint density at radius 3 is 1.96 bits per heavy atom. The fourth-order valence-electron chi connectivity index (χ4n) is 2.72.